The van der Waals surface area contributed by atoms with Crippen molar-refractivity contribution >= 4 is 77.9 Å². The van der Waals surface area contributed by atoms with Crippen molar-refractivity contribution in [2.75, 3.05) is 10.2 Å². The van der Waals surface area contributed by atoms with Gasteiger partial charge in [-0.15, -0.1) is 0 Å². The van der Waals surface area contributed by atoms with Crippen molar-refractivity contribution in [3.05, 3.63) is 296 Å². The molecule has 0 aliphatic rings. The molecule has 11 rings (SSSR count). The lowest BCUT2D eigenvalue weighted by Crippen LogP contribution is -2.10. The van der Waals surface area contributed by atoms with Gasteiger partial charge in [-0.3, -0.25) is 0 Å². The number of para-hydroxylation sites is 1. The minimum Gasteiger partial charge on any atom is -0.398 e. The number of benzene rings is 10. The van der Waals surface area contributed by atoms with Crippen molar-refractivity contribution in [2.24, 2.45) is 5.73 Å². The first-order valence-electron chi connectivity index (χ1n) is 25.2. The van der Waals surface area contributed by atoms with Crippen LogP contribution in [0.2, 0.25) is 0 Å². The van der Waals surface area contributed by atoms with Gasteiger partial charge in [-0.05, 0) is 161 Å². The Morgan fingerprint density at radius 3 is 1.82 bits per heavy atom. The molecule has 4 heteroatoms. The smallest absolute Gasteiger partial charge is 0.0541 e. The third-order valence-corrected chi connectivity index (χ3v) is 13.8. The van der Waals surface area contributed by atoms with Crippen LogP contribution in [0, 0.1) is 0 Å². The normalized spacial score (nSPS) is 12.2. The molecule has 10 aromatic carbocycles. The third-order valence-electron chi connectivity index (χ3n) is 13.8. The van der Waals surface area contributed by atoms with Crippen LogP contribution in [0.1, 0.15) is 30.5 Å². The summed E-state index contributed by atoms with van der Waals surface area (Å²) in [7, 11) is 0. The third kappa shape index (κ3) is 9.48. The van der Waals surface area contributed by atoms with Crippen LogP contribution in [0.5, 0.6) is 0 Å². The van der Waals surface area contributed by atoms with E-state index in [1.807, 2.05) is 31.2 Å². The van der Waals surface area contributed by atoms with Crippen LogP contribution in [-0.4, -0.2) is 4.57 Å². The Morgan fingerprint density at radius 2 is 1.12 bits per heavy atom. The SMILES string of the molecule is C=C/C=C(\C=C(/C)c1cc(-c2ccccc2)ccc1Nc1ccc(/C(N)=C/C=C\C)cc1)c1ccc2c(c1)c1cc(-c3ccccc3)ccc1n2-c1ccc(N(c2ccccc2)c2cccc3ccccc23)cc1. The number of nitrogens with two attached hydrogens (primary N) is 1. The van der Waals surface area contributed by atoms with Gasteiger partial charge in [0.25, 0.3) is 0 Å². The van der Waals surface area contributed by atoms with Gasteiger partial charge in [0.2, 0.25) is 0 Å². The molecule has 1 heterocycles. The highest BCUT2D eigenvalue weighted by molar-refractivity contribution is 6.12. The fourth-order valence-corrected chi connectivity index (χ4v) is 10.1. The summed E-state index contributed by atoms with van der Waals surface area (Å²) in [5.74, 6) is 0. The number of fused-ring (bicyclic) bond motifs is 4. The van der Waals surface area contributed by atoms with Gasteiger partial charge in [0.15, 0.2) is 0 Å². The van der Waals surface area contributed by atoms with Gasteiger partial charge in [0, 0.05) is 55.9 Å². The second-order valence-electron chi connectivity index (χ2n) is 18.5. The van der Waals surface area contributed by atoms with Crippen LogP contribution in [0.4, 0.5) is 28.4 Å². The molecule has 0 amide bonds. The summed E-state index contributed by atoms with van der Waals surface area (Å²) in [5.41, 5.74) is 25.7. The molecule has 0 bridgehead atoms. The van der Waals surface area contributed by atoms with E-state index < -0.39 is 0 Å². The Balaban J connectivity index is 1.01. The number of anilines is 5. The minimum atomic E-state index is 0.722. The first-order valence-corrected chi connectivity index (χ1v) is 25.2. The first kappa shape index (κ1) is 46.7. The molecule has 0 unspecified atom stereocenters. The molecule has 0 spiro atoms. The van der Waals surface area contributed by atoms with Crippen LogP contribution in [0.3, 0.4) is 0 Å². The summed E-state index contributed by atoms with van der Waals surface area (Å²) in [5, 5.41) is 8.49. The predicted molar refractivity (Wildman–Crippen MR) is 319 cm³/mol. The minimum absolute atomic E-state index is 0.722. The highest BCUT2D eigenvalue weighted by Crippen LogP contribution is 2.42. The molecule has 4 nitrogen and oxygen atoms in total. The molecule has 1 aromatic heterocycles. The molecule has 0 saturated heterocycles. The monoisotopic (exact) mass is 952 g/mol. The topological polar surface area (TPSA) is 46.2 Å². The second-order valence-corrected chi connectivity index (χ2v) is 18.5. The molecule has 0 saturated carbocycles. The summed E-state index contributed by atoms with van der Waals surface area (Å²) < 4.78 is 2.40. The molecule has 11 aromatic rings. The standard InChI is InChI=1S/C70H56N4/c1-4-6-29-66(71)53-31-36-58(37-32-53)72-67-42-33-55(50-20-10-7-11-21-50)46-63(67)49(3)45-54(19-5-2)57-35-44-70-65(48-57)64-47-56(51-22-12-8-13-23-51)34-43-69(64)74(70)61-40-38-60(39-41-61)73(59-26-14-9-15-27-59)68-30-18-25-52-24-16-17-28-62(52)68/h4-48,72H,2,71H2,1,3H3/b6-4-,49-45+,54-19+,66-29-. The van der Waals surface area contributed by atoms with Crippen LogP contribution >= 0.6 is 0 Å². The van der Waals surface area contributed by atoms with Crippen molar-refractivity contribution in [2.45, 2.75) is 13.8 Å². The van der Waals surface area contributed by atoms with Crippen molar-refractivity contribution in [3.8, 4) is 27.9 Å². The molecule has 0 aliphatic heterocycles. The van der Waals surface area contributed by atoms with E-state index in [0.29, 0.717) is 0 Å². The first-order chi connectivity index (χ1) is 36.4. The van der Waals surface area contributed by atoms with Gasteiger partial charge >= 0.3 is 0 Å². The lowest BCUT2D eigenvalue weighted by atomic mass is 9.94. The van der Waals surface area contributed by atoms with Crippen LogP contribution in [0.15, 0.2) is 280 Å². The number of aromatic nitrogens is 1. The van der Waals surface area contributed by atoms with E-state index in [-0.39, 0.29) is 0 Å². The summed E-state index contributed by atoms with van der Waals surface area (Å²) in [6.07, 6.45) is 12.1. The fraction of sp³-hybridized carbons (Fsp3) is 0.0286. The predicted octanol–water partition coefficient (Wildman–Crippen LogP) is 19.0. The Labute approximate surface area is 434 Å². The van der Waals surface area contributed by atoms with Crippen LogP contribution < -0.4 is 16.0 Å². The maximum Gasteiger partial charge on any atom is 0.0541 e. The fourth-order valence-electron chi connectivity index (χ4n) is 10.1. The van der Waals surface area contributed by atoms with E-state index in [1.54, 1.807) is 0 Å². The van der Waals surface area contributed by atoms with Gasteiger partial charge in [-0.1, -0.05) is 183 Å². The van der Waals surface area contributed by atoms with E-state index in [1.165, 1.54) is 32.7 Å². The van der Waals surface area contributed by atoms with Crippen molar-refractivity contribution in [1.29, 1.82) is 0 Å². The molecule has 0 fully saturated rings. The molecular weight excluding hydrogens is 897 g/mol. The van der Waals surface area contributed by atoms with Gasteiger partial charge < -0.3 is 20.5 Å². The molecule has 3 N–H and O–H groups in total. The largest absolute Gasteiger partial charge is 0.398 e. The Hall–Kier alpha value is -9.64. The number of allylic oxidation sites excluding steroid dienone is 8. The average Bonchev–Trinajstić information content (AvgIpc) is 3.79. The number of nitrogens with zero attached hydrogens (tertiary/aromatic N) is 2. The zero-order valence-corrected chi connectivity index (χ0v) is 41.7. The van der Waals surface area contributed by atoms with E-state index in [4.69, 9.17) is 5.73 Å². The summed E-state index contributed by atoms with van der Waals surface area (Å²) in [4.78, 5) is 2.36. The zero-order valence-electron chi connectivity index (χ0n) is 41.7. The van der Waals surface area contributed by atoms with E-state index in [2.05, 4.69) is 277 Å². The Kier molecular flexibility index (Phi) is 13.3. The highest BCUT2D eigenvalue weighted by Gasteiger charge is 2.19. The maximum absolute atomic E-state index is 6.38. The van der Waals surface area contributed by atoms with E-state index in [0.717, 1.165) is 89.8 Å². The quantitative estimate of drug-likeness (QED) is 0.107. The molecule has 0 atom stereocenters. The number of nitrogens with one attached hydrogen (secondary N) is 1. The van der Waals surface area contributed by atoms with Gasteiger partial charge in [0.1, 0.15) is 0 Å². The molecule has 0 radical (unpaired) electrons. The Morgan fingerprint density at radius 1 is 0.527 bits per heavy atom. The molecular formula is C70H56N4. The number of hydrogen-bond acceptors (Lipinski definition) is 3. The van der Waals surface area contributed by atoms with Crippen molar-refractivity contribution < 1.29 is 0 Å². The second kappa shape index (κ2) is 21.0. The van der Waals surface area contributed by atoms with Crippen molar-refractivity contribution in [3.63, 3.8) is 0 Å². The maximum atomic E-state index is 6.38. The lowest BCUT2D eigenvalue weighted by Gasteiger charge is -2.27. The van der Waals surface area contributed by atoms with Gasteiger partial charge in [-0.2, -0.15) is 0 Å². The summed E-state index contributed by atoms with van der Waals surface area (Å²) in [6.45, 7) is 8.38. The highest BCUT2D eigenvalue weighted by atomic mass is 15.1. The molecule has 356 valence electrons. The summed E-state index contributed by atoms with van der Waals surface area (Å²) >= 11 is 0. The van der Waals surface area contributed by atoms with E-state index >= 15 is 0 Å². The van der Waals surface area contributed by atoms with E-state index in [9.17, 15) is 0 Å². The number of hydrogen-bond donors (Lipinski definition) is 2. The zero-order chi connectivity index (χ0) is 50.4. The molecule has 0 aliphatic carbocycles. The lowest BCUT2D eigenvalue weighted by molar-refractivity contribution is 1.17. The van der Waals surface area contributed by atoms with Crippen LogP contribution in [-0.2, 0) is 0 Å². The summed E-state index contributed by atoms with van der Waals surface area (Å²) in [6, 6.07) is 84.7. The Bertz CT molecular complexity index is 3930. The van der Waals surface area contributed by atoms with Gasteiger partial charge in [-0.25, -0.2) is 0 Å². The average molecular weight is 953 g/mol. The van der Waals surface area contributed by atoms with Crippen molar-refractivity contribution in [1.82, 2.24) is 4.57 Å². The molecule has 74 heavy (non-hydrogen) atoms. The number of rotatable bonds is 14. The van der Waals surface area contributed by atoms with Gasteiger partial charge in [0.05, 0.1) is 16.7 Å². The van der Waals surface area contributed by atoms with Crippen LogP contribution in [0.25, 0.3) is 77.4 Å².